The Morgan fingerprint density at radius 3 is 2.07 bits per heavy atom. The van der Waals surface area contributed by atoms with Gasteiger partial charge in [-0.05, 0) is 0 Å². The van der Waals surface area contributed by atoms with Crippen LogP contribution >= 0.6 is 0 Å². The molecule has 0 radical (unpaired) electrons. The van der Waals surface area contributed by atoms with Crippen molar-refractivity contribution in [3.8, 4) is 0 Å². The largest absolute Gasteiger partial charge is 1.00 e. The highest BCUT2D eigenvalue weighted by molar-refractivity contribution is 5.74. The molecule has 0 aliphatic rings. The average molecular weight is 239 g/mol. The first kappa shape index (κ1) is 16.6. The minimum Gasteiger partial charge on any atom is -1.00 e. The summed E-state index contributed by atoms with van der Waals surface area (Å²) >= 11 is 0. The van der Waals surface area contributed by atoms with Gasteiger partial charge in [0.1, 0.15) is 0 Å². The number of hydrogen-bond acceptors (Lipinski definition) is 2. The normalized spacial score (nSPS) is 12.5. The molecule has 1 atom stereocenters. The van der Waals surface area contributed by atoms with E-state index in [1.165, 1.54) is 6.92 Å². The van der Waals surface area contributed by atoms with E-state index < -0.39 is 5.97 Å². The zero-order valence-electron chi connectivity index (χ0n) is 9.58. The summed E-state index contributed by atoms with van der Waals surface area (Å²) in [5.41, 5.74) is 0. The standard InChI is InChI=1S/C9H18N2O3.ClH/c1-7(12)10-8(5-9(13)14)6-11(2,3)4;/h8H,5-6H2,1-4H3,(H-,10,12,13,14);1H/t8-;/m0./s1. The van der Waals surface area contributed by atoms with Gasteiger partial charge in [0.25, 0.3) is 0 Å². The summed E-state index contributed by atoms with van der Waals surface area (Å²) in [6, 6.07) is -0.301. The number of carboxylic acids is 1. The quantitative estimate of drug-likeness (QED) is 0.493. The fraction of sp³-hybridized carbons (Fsp3) is 0.778. The first-order chi connectivity index (χ1) is 6.20. The van der Waals surface area contributed by atoms with E-state index in [4.69, 9.17) is 5.11 Å². The molecule has 0 aromatic rings. The Morgan fingerprint density at radius 1 is 1.33 bits per heavy atom. The number of quaternary nitrogens is 1. The number of hydrogen-bond donors (Lipinski definition) is 2. The lowest BCUT2D eigenvalue weighted by Crippen LogP contribution is -3.00. The monoisotopic (exact) mass is 238 g/mol. The Labute approximate surface area is 96.4 Å². The molecule has 0 aromatic heterocycles. The number of nitrogens with zero attached hydrogens (tertiary/aromatic N) is 1. The van der Waals surface area contributed by atoms with Crippen LogP contribution in [0.3, 0.4) is 0 Å². The van der Waals surface area contributed by atoms with Gasteiger partial charge in [0.05, 0.1) is 40.2 Å². The van der Waals surface area contributed by atoms with Gasteiger partial charge in [0.15, 0.2) is 0 Å². The molecule has 0 saturated carbocycles. The first-order valence-corrected chi connectivity index (χ1v) is 4.50. The zero-order valence-corrected chi connectivity index (χ0v) is 10.3. The maximum atomic E-state index is 10.8. The summed E-state index contributed by atoms with van der Waals surface area (Å²) in [4.78, 5) is 21.3. The number of carbonyl (C=O) groups is 2. The van der Waals surface area contributed by atoms with Crippen molar-refractivity contribution >= 4 is 11.9 Å². The predicted octanol–water partition coefficient (Wildman–Crippen LogP) is -3.32. The molecule has 5 nitrogen and oxygen atoms in total. The molecule has 0 aromatic carbocycles. The van der Waals surface area contributed by atoms with Crippen LogP contribution in [0.25, 0.3) is 0 Å². The molecule has 0 rings (SSSR count). The van der Waals surface area contributed by atoms with E-state index in [0.29, 0.717) is 11.0 Å². The van der Waals surface area contributed by atoms with Crippen LogP contribution in [-0.4, -0.2) is 55.2 Å². The van der Waals surface area contributed by atoms with Gasteiger partial charge in [0, 0.05) is 6.92 Å². The van der Waals surface area contributed by atoms with E-state index in [9.17, 15) is 9.59 Å². The van der Waals surface area contributed by atoms with Crippen LogP contribution in [0.2, 0.25) is 0 Å². The Kier molecular flexibility index (Phi) is 7.35. The summed E-state index contributed by atoms with van der Waals surface area (Å²) in [6.45, 7) is 2.00. The molecule has 1 amide bonds. The van der Waals surface area contributed by atoms with E-state index in [0.717, 1.165) is 0 Å². The van der Waals surface area contributed by atoms with Crippen molar-refractivity contribution in [2.75, 3.05) is 27.7 Å². The van der Waals surface area contributed by atoms with Crippen LogP contribution in [0.4, 0.5) is 0 Å². The molecule has 15 heavy (non-hydrogen) atoms. The maximum Gasteiger partial charge on any atom is 0.305 e. The van der Waals surface area contributed by atoms with E-state index in [2.05, 4.69) is 5.32 Å². The van der Waals surface area contributed by atoms with Crippen molar-refractivity contribution < 1.29 is 31.6 Å². The lowest BCUT2D eigenvalue weighted by Gasteiger charge is -2.28. The number of halogens is 1. The lowest BCUT2D eigenvalue weighted by atomic mass is 10.2. The number of nitrogens with one attached hydrogen (secondary N) is 1. The minimum absolute atomic E-state index is 0. The van der Waals surface area contributed by atoms with Crippen LogP contribution in [-0.2, 0) is 9.59 Å². The van der Waals surface area contributed by atoms with Gasteiger partial charge in [-0.3, -0.25) is 9.59 Å². The third-order valence-corrected chi connectivity index (χ3v) is 1.60. The molecular weight excluding hydrogens is 220 g/mol. The van der Waals surface area contributed by atoms with E-state index in [1.54, 1.807) is 0 Å². The van der Waals surface area contributed by atoms with Crippen molar-refractivity contribution in [1.82, 2.24) is 5.32 Å². The van der Waals surface area contributed by atoms with Gasteiger partial charge in [0.2, 0.25) is 5.91 Å². The summed E-state index contributed by atoms with van der Waals surface area (Å²) in [5, 5.41) is 11.3. The van der Waals surface area contributed by atoms with Crippen molar-refractivity contribution in [1.29, 1.82) is 0 Å². The minimum atomic E-state index is -0.891. The second-order valence-corrected chi connectivity index (χ2v) is 4.47. The van der Waals surface area contributed by atoms with Gasteiger partial charge in [-0.2, -0.15) is 0 Å². The van der Waals surface area contributed by atoms with Gasteiger partial charge in [-0.1, -0.05) is 0 Å². The van der Waals surface area contributed by atoms with Gasteiger partial charge in [-0.15, -0.1) is 0 Å². The first-order valence-electron chi connectivity index (χ1n) is 4.50. The molecule has 0 spiro atoms. The highest BCUT2D eigenvalue weighted by atomic mass is 35.5. The number of aliphatic carboxylic acids is 1. The molecule has 0 aliphatic carbocycles. The lowest BCUT2D eigenvalue weighted by molar-refractivity contribution is -0.871. The zero-order chi connectivity index (χ0) is 11.4. The highest BCUT2D eigenvalue weighted by Gasteiger charge is 2.21. The fourth-order valence-electron chi connectivity index (χ4n) is 1.32. The van der Waals surface area contributed by atoms with Crippen LogP contribution in [0.1, 0.15) is 13.3 Å². The van der Waals surface area contributed by atoms with E-state index in [1.807, 2.05) is 21.1 Å². The maximum absolute atomic E-state index is 10.8. The Hall–Kier alpha value is -0.810. The van der Waals surface area contributed by atoms with Gasteiger partial charge in [-0.25, -0.2) is 0 Å². The Morgan fingerprint density at radius 2 is 1.80 bits per heavy atom. The van der Waals surface area contributed by atoms with Crippen molar-refractivity contribution in [2.24, 2.45) is 0 Å². The smallest absolute Gasteiger partial charge is 0.305 e. The molecule has 6 heteroatoms. The molecule has 0 bridgehead atoms. The van der Waals surface area contributed by atoms with Crippen molar-refractivity contribution in [3.63, 3.8) is 0 Å². The number of amides is 1. The molecular formula is C9H19ClN2O3. The third kappa shape index (κ3) is 11.1. The van der Waals surface area contributed by atoms with E-state index >= 15 is 0 Å². The van der Waals surface area contributed by atoms with Crippen molar-refractivity contribution in [3.05, 3.63) is 0 Å². The molecule has 0 fully saturated rings. The molecule has 0 unspecified atom stereocenters. The Bertz CT molecular complexity index is 210. The second-order valence-electron chi connectivity index (χ2n) is 4.47. The molecule has 0 heterocycles. The van der Waals surface area contributed by atoms with Crippen LogP contribution in [0.15, 0.2) is 0 Å². The number of carboxylic acid groups (broad SMARTS) is 1. The molecule has 90 valence electrons. The highest BCUT2D eigenvalue weighted by Crippen LogP contribution is 1.99. The summed E-state index contributed by atoms with van der Waals surface area (Å²) < 4.78 is 0.623. The number of likely N-dealkylation sites (N-methyl/N-ethyl adjacent to an activating group) is 1. The van der Waals surface area contributed by atoms with Gasteiger partial charge >= 0.3 is 5.97 Å². The predicted molar refractivity (Wildman–Crippen MR) is 52.8 cm³/mol. The summed E-state index contributed by atoms with van der Waals surface area (Å²) in [7, 11) is 5.87. The third-order valence-electron chi connectivity index (χ3n) is 1.60. The molecule has 0 saturated heterocycles. The Balaban J connectivity index is 0. The summed E-state index contributed by atoms with van der Waals surface area (Å²) in [6.07, 6.45) is -0.0326. The van der Waals surface area contributed by atoms with Gasteiger partial charge < -0.3 is 27.3 Å². The second kappa shape index (κ2) is 6.63. The SMILES string of the molecule is CC(=O)N[C@@H](CC(=O)O)C[N+](C)(C)C.[Cl-]. The van der Waals surface area contributed by atoms with Crippen LogP contribution in [0, 0.1) is 0 Å². The summed E-state index contributed by atoms with van der Waals surface area (Å²) in [5.74, 6) is -1.08. The average Bonchev–Trinajstić information content (AvgIpc) is 1.77. The van der Waals surface area contributed by atoms with E-state index in [-0.39, 0.29) is 30.8 Å². The van der Waals surface area contributed by atoms with Crippen LogP contribution in [0.5, 0.6) is 0 Å². The number of carbonyl (C=O) groups excluding carboxylic acids is 1. The topological polar surface area (TPSA) is 66.4 Å². The van der Waals surface area contributed by atoms with Crippen molar-refractivity contribution in [2.45, 2.75) is 19.4 Å². The molecule has 0 aliphatic heterocycles. The fourth-order valence-corrected chi connectivity index (χ4v) is 1.32. The molecule has 2 N–H and O–H groups in total. The van der Waals surface area contributed by atoms with Crippen LogP contribution < -0.4 is 17.7 Å². The number of rotatable bonds is 5.